The second kappa shape index (κ2) is 5.68. The number of aryl methyl sites for hydroxylation is 1. The van der Waals surface area contributed by atoms with Crippen LogP contribution in [-0.4, -0.2) is 18.9 Å². The molecule has 0 saturated heterocycles. The number of nitrogens with zero attached hydrogens (tertiary/aromatic N) is 1. The number of hydrogen-bond acceptors (Lipinski definition) is 6. The number of hydrogen-bond donors (Lipinski definition) is 1. The van der Waals surface area contributed by atoms with Crippen molar-refractivity contribution >= 4 is 11.3 Å². The molecule has 0 aliphatic carbocycles. The Morgan fingerprint density at radius 2 is 2.25 bits per heavy atom. The van der Waals surface area contributed by atoms with Gasteiger partial charge in [-0.15, -0.1) is 11.3 Å². The zero-order chi connectivity index (χ0) is 13.9. The summed E-state index contributed by atoms with van der Waals surface area (Å²) in [5.74, 6) is 2.15. The zero-order valence-corrected chi connectivity index (χ0v) is 12.3. The monoisotopic (exact) mass is 292 g/mol. The Labute approximate surface area is 121 Å². The van der Waals surface area contributed by atoms with E-state index in [0.29, 0.717) is 11.5 Å². The standard InChI is InChI=1S/C14H16N2O3S/c1-9-13(20-7-16-9)6-15-5-10-3-11(17-2)14-12(4-10)18-8-19-14/h3-4,7,15H,5-6,8H2,1-2H3. The molecule has 0 amide bonds. The van der Waals surface area contributed by atoms with Crippen molar-refractivity contribution in [1.82, 2.24) is 10.3 Å². The highest BCUT2D eigenvalue weighted by atomic mass is 32.1. The number of benzene rings is 1. The fourth-order valence-corrected chi connectivity index (χ4v) is 2.85. The molecule has 5 nitrogen and oxygen atoms in total. The lowest BCUT2D eigenvalue weighted by molar-refractivity contribution is 0.171. The van der Waals surface area contributed by atoms with Gasteiger partial charge in [0, 0.05) is 18.0 Å². The lowest BCUT2D eigenvalue weighted by atomic mass is 10.2. The summed E-state index contributed by atoms with van der Waals surface area (Å²) < 4.78 is 16.1. The van der Waals surface area contributed by atoms with Crippen molar-refractivity contribution in [2.75, 3.05) is 13.9 Å². The molecule has 106 valence electrons. The average molecular weight is 292 g/mol. The highest BCUT2D eigenvalue weighted by molar-refractivity contribution is 7.09. The smallest absolute Gasteiger partial charge is 0.231 e. The van der Waals surface area contributed by atoms with Crippen LogP contribution >= 0.6 is 11.3 Å². The van der Waals surface area contributed by atoms with Gasteiger partial charge in [0.25, 0.3) is 0 Å². The maximum Gasteiger partial charge on any atom is 0.231 e. The molecule has 1 aromatic heterocycles. The minimum absolute atomic E-state index is 0.253. The van der Waals surface area contributed by atoms with Crippen molar-refractivity contribution in [1.29, 1.82) is 0 Å². The first-order valence-electron chi connectivity index (χ1n) is 6.34. The molecule has 2 heterocycles. The van der Waals surface area contributed by atoms with E-state index in [1.165, 1.54) is 4.88 Å². The first-order valence-corrected chi connectivity index (χ1v) is 7.22. The van der Waals surface area contributed by atoms with Gasteiger partial charge in [0.1, 0.15) is 0 Å². The Morgan fingerprint density at radius 1 is 1.35 bits per heavy atom. The molecule has 0 radical (unpaired) electrons. The van der Waals surface area contributed by atoms with Gasteiger partial charge in [-0.2, -0.15) is 0 Å². The summed E-state index contributed by atoms with van der Waals surface area (Å²) in [5, 5.41) is 3.41. The van der Waals surface area contributed by atoms with E-state index >= 15 is 0 Å². The summed E-state index contributed by atoms with van der Waals surface area (Å²) >= 11 is 1.67. The first kappa shape index (κ1) is 13.2. The number of ether oxygens (including phenoxy) is 3. The van der Waals surface area contributed by atoms with Gasteiger partial charge in [0.05, 0.1) is 18.3 Å². The molecule has 1 N–H and O–H groups in total. The van der Waals surface area contributed by atoms with Gasteiger partial charge in [-0.05, 0) is 24.6 Å². The zero-order valence-electron chi connectivity index (χ0n) is 11.4. The number of aromatic nitrogens is 1. The third-order valence-electron chi connectivity index (χ3n) is 3.18. The molecule has 0 saturated carbocycles. The molecule has 1 aromatic carbocycles. The molecule has 20 heavy (non-hydrogen) atoms. The van der Waals surface area contributed by atoms with Crippen LogP contribution in [0.3, 0.4) is 0 Å². The molecule has 0 unspecified atom stereocenters. The minimum atomic E-state index is 0.253. The predicted molar refractivity (Wildman–Crippen MR) is 76.5 cm³/mol. The molecule has 2 aromatic rings. The molecular weight excluding hydrogens is 276 g/mol. The van der Waals surface area contributed by atoms with Crippen molar-refractivity contribution in [2.24, 2.45) is 0 Å². The van der Waals surface area contributed by atoms with E-state index in [1.54, 1.807) is 18.4 Å². The number of nitrogens with one attached hydrogen (secondary N) is 1. The average Bonchev–Trinajstić information content (AvgIpc) is 3.07. The summed E-state index contributed by atoms with van der Waals surface area (Å²) in [6, 6.07) is 3.96. The van der Waals surface area contributed by atoms with Crippen LogP contribution in [0.4, 0.5) is 0 Å². The molecule has 0 bridgehead atoms. The number of fused-ring (bicyclic) bond motifs is 1. The topological polar surface area (TPSA) is 52.6 Å². The maximum absolute atomic E-state index is 5.41. The number of thiazole rings is 1. The van der Waals surface area contributed by atoms with E-state index in [2.05, 4.69) is 10.3 Å². The Morgan fingerprint density at radius 3 is 3.00 bits per heavy atom. The molecule has 0 fully saturated rings. The Bertz CT molecular complexity index is 612. The van der Waals surface area contributed by atoms with E-state index in [1.807, 2.05) is 24.6 Å². The van der Waals surface area contributed by atoms with Crippen LogP contribution in [0.1, 0.15) is 16.1 Å². The summed E-state index contributed by atoms with van der Waals surface area (Å²) in [6.45, 7) is 3.83. The minimum Gasteiger partial charge on any atom is -0.493 e. The van der Waals surface area contributed by atoms with Crippen LogP contribution in [0.15, 0.2) is 17.6 Å². The fraction of sp³-hybridized carbons (Fsp3) is 0.357. The van der Waals surface area contributed by atoms with Gasteiger partial charge >= 0.3 is 0 Å². The second-order valence-corrected chi connectivity index (χ2v) is 5.44. The van der Waals surface area contributed by atoms with E-state index < -0.39 is 0 Å². The van der Waals surface area contributed by atoms with Crippen LogP contribution < -0.4 is 19.5 Å². The molecule has 1 aliphatic heterocycles. The molecule has 0 atom stereocenters. The Balaban J connectivity index is 1.67. The van der Waals surface area contributed by atoms with E-state index in [9.17, 15) is 0 Å². The lowest BCUT2D eigenvalue weighted by Crippen LogP contribution is -2.12. The molecule has 3 rings (SSSR count). The SMILES string of the molecule is COc1cc(CNCc2scnc2C)cc2c1OCO2. The summed E-state index contributed by atoms with van der Waals surface area (Å²) in [4.78, 5) is 5.50. The lowest BCUT2D eigenvalue weighted by Gasteiger charge is -2.09. The third kappa shape index (κ3) is 2.57. The molecule has 0 spiro atoms. The maximum atomic E-state index is 5.41. The predicted octanol–water partition coefficient (Wildman–Crippen LogP) is 2.48. The highest BCUT2D eigenvalue weighted by Gasteiger charge is 2.19. The highest BCUT2D eigenvalue weighted by Crippen LogP contribution is 2.41. The molecular formula is C14H16N2O3S. The van der Waals surface area contributed by atoms with Gasteiger partial charge in [-0.3, -0.25) is 0 Å². The van der Waals surface area contributed by atoms with Crippen LogP contribution in [0.2, 0.25) is 0 Å². The van der Waals surface area contributed by atoms with Crippen molar-refractivity contribution in [3.05, 3.63) is 33.8 Å². The second-order valence-electron chi connectivity index (χ2n) is 4.50. The molecule has 1 aliphatic rings. The fourth-order valence-electron chi connectivity index (χ4n) is 2.10. The van der Waals surface area contributed by atoms with Gasteiger partial charge in [0.15, 0.2) is 11.5 Å². The summed E-state index contributed by atoms with van der Waals surface area (Å²) in [6.07, 6.45) is 0. The number of methoxy groups -OCH3 is 1. The van der Waals surface area contributed by atoms with Crippen LogP contribution in [0.25, 0.3) is 0 Å². The largest absolute Gasteiger partial charge is 0.493 e. The normalized spacial score (nSPS) is 12.7. The number of rotatable bonds is 5. The Kier molecular flexibility index (Phi) is 3.75. The summed E-state index contributed by atoms with van der Waals surface area (Å²) in [7, 11) is 1.63. The van der Waals surface area contributed by atoms with E-state index in [4.69, 9.17) is 14.2 Å². The van der Waals surface area contributed by atoms with Crippen molar-refractivity contribution in [2.45, 2.75) is 20.0 Å². The van der Waals surface area contributed by atoms with Gasteiger partial charge in [0.2, 0.25) is 12.5 Å². The van der Waals surface area contributed by atoms with Gasteiger partial charge in [-0.25, -0.2) is 4.98 Å². The van der Waals surface area contributed by atoms with Gasteiger partial charge < -0.3 is 19.5 Å². The van der Waals surface area contributed by atoms with Crippen molar-refractivity contribution in [3.8, 4) is 17.2 Å². The Hall–Kier alpha value is -1.79. The van der Waals surface area contributed by atoms with Crippen LogP contribution in [-0.2, 0) is 13.1 Å². The van der Waals surface area contributed by atoms with Crippen LogP contribution in [0.5, 0.6) is 17.2 Å². The van der Waals surface area contributed by atoms with E-state index in [0.717, 1.165) is 30.1 Å². The first-order chi connectivity index (χ1) is 9.78. The quantitative estimate of drug-likeness (QED) is 0.917. The van der Waals surface area contributed by atoms with Crippen molar-refractivity contribution < 1.29 is 14.2 Å². The van der Waals surface area contributed by atoms with Gasteiger partial charge in [-0.1, -0.05) is 0 Å². The third-order valence-corrected chi connectivity index (χ3v) is 4.11. The van der Waals surface area contributed by atoms with E-state index in [-0.39, 0.29) is 6.79 Å². The molecule has 6 heteroatoms. The van der Waals surface area contributed by atoms with Crippen LogP contribution in [0, 0.1) is 6.92 Å². The van der Waals surface area contributed by atoms with Crippen molar-refractivity contribution in [3.63, 3.8) is 0 Å². The summed E-state index contributed by atoms with van der Waals surface area (Å²) in [5.41, 5.74) is 4.06.